The summed E-state index contributed by atoms with van der Waals surface area (Å²) < 4.78 is 0. The molecule has 0 bridgehead atoms. The van der Waals surface area contributed by atoms with Crippen molar-refractivity contribution >= 4 is 35.1 Å². The van der Waals surface area contributed by atoms with E-state index in [1.54, 1.807) is 12.1 Å². The van der Waals surface area contributed by atoms with Gasteiger partial charge >= 0.3 is 0 Å². The molecule has 7 nitrogen and oxygen atoms in total. The Morgan fingerprint density at radius 1 is 1.11 bits per heavy atom. The summed E-state index contributed by atoms with van der Waals surface area (Å²) in [5.41, 5.74) is 0.853. The zero-order valence-electron chi connectivity index (χ0n) is 14.7. The highest BCUT2D eigenvalue weighted by Crippen LogP contribution is 2.26. The van der Waals surface area contributed by atoms with Gasteiger partial charge in [0.15, 0.2) is 5.82 Å². The maximum atomic E-state index is 12.1. The van der Waals surface area contributed by atoms with E-state index in [-0.39, 0.29) is 11.8 Å². The molecule has 1 unspecified atom stereocenters. The van der Waals surface area contributed by atoms with Gasteiger partial charge in [0.2, 0.25) is 11.8 Å². The zero-order chi connectivity index (χ0) is 18.8. The number of halogens is 1. The summed E-state index contributed by atoms with van der Waals surface area (Å²) in [7, 11) is 0. The topological polar surface area (TPSA) is 87.2 Å². The van der Waals surface area contributed by atoms with E-state index in [0.717, 1.165) is 37.3 Å². The van der Waals surface area contributed by atoms with Gasteiger partial charge in [0.1, 0.15) is 17.7 Å². The lowest BCUT2D eigenvalue weighted by molar-refractivity contribution is -0.133. The van der Waals surface area contributed by atoms with Crippen molar-refractivity contribution in [3.63, 3.8) is 0 Å². The number of nitrogens with one attached hydrogen (secondary N) is 2. The minimum Gasteiger partial charge on any atom is -0.358 e. The molecule has 0 saturated carbocycles. The van der Waals surface area contributed by atoms with Crippen molar-refractivity contribution in [1.82, 2.24) is 15.3 Å². The van der Waals surface area contributed by atoms with Crippen LogP contribution in [0.1, 0.15) is 25.7 Å². The quantitative estimate of drug-likeness (QED) is 0.787. The molecule has 0 spiro atoms. The van der Waals surface area contributed by atoms with E-state index in [4.69, 9.17) is 16.6 Å². The number of hydrogen-bond acceptors (Lipinski definition) is 6. The summed E-state index contributed by atoms with van der Waals surface area (Å²) in [4.78, 5) is 35.0. The zero-order valence-corrected chi connectivity index (χ0v) is 15.5. The van der Waals surface area contributed by atoms with Gasteiger partial charge in [-0.15, -0.1) is 0 Å². The fourth-order valence-electron chi connectivity index (χ4n) is 3.35. The Bertz CT molecular complexity index is 865. The van der Waals surface area contributed by atoms with E-state index in [2.05, 4.69) is 20.5 Å². The first kappa shape index (κ1) is 17.7. The molecule has 140 valence electrons. The summed E-state index contributed by atoms with van der Waals surface area (Å²) in [5, 5.41) is 6.18. The molecule has 3 heterocycles. The molecule has 0 radical (unpaired) electrons. The molecule has 8 heteroatoms. The van der Waals surface area contributed by atoms with Crippen molar-refractivity contribution < 1.29 is 9.59 Å². The van der Waals surface area contributed by atoms with Gasteiger partial charge in [-0.2, -0.15) is 0 Å². The number of carbonyl (C=O) groups excluding carboxylic acids is 2. The van der Waals surface area contributed by atoms with Crippen LogP contribution < -0.4 is 15.5 Å². The molecular formula is C19H20ClN5O2. The smallest absolute Gasteiger partial charge is 0.249 e. The van der Waals surface area contributed by atoms with Gasteiger partial charge in [-0.25, -0.2) is 9.97 Å². The van der Waals surface area contributed by atoms with E-state index in [9.17, 15) is 9.59 Å². The van der Waals surface area contributed by atoms with Crippen LogP contribution in [0.15, 0.2) is 30.3 Å². The van der Waals surface area contributed by atoms with Gasteiger partial charge in [-0.1, -0.05) is 11.6 Å². The molecule has 2 aromatic rings. The average molecular weight is 386 g/mol. The van der Waals surface area contributed by atoms with Gasteiger partial charge in [0.05, 0.1) is 0 Å². The normalized spacial score (nSPS) is 19.9. The van der Waals surface area contributed by atoms with Crippen molar-refractivity contribution in [3.8, 4) is 11.4 Å². The molecule has 1 atom stereocenters. The van der Waals surface area contributed by atoms with Crippen LogP contribution in [-0.2, 0) is 9.59 Å². The number of anilines is 2. The highest BCUT2D eigenvalue weighted by molar-refractivity contribution is 6.30. The fraction of sp³-hybridized carbons (Fsp3) is 0.368. The first-order valence-corrected chi connectivity index (χ1v) is 9.46. The van der Waals surface area contributed by atoms with Gasteiger partial charge in [-0.05, 0) is 43.5 Å². The summed E-state index contributed by atoms with van der Waals surface area (Å²) >= 11 is 5.99. The van der Waals surface area contributed by atoms with Crippen molar-refractivity contribution in [2.24, 2.45) is 0 Å². The van der Waals surface area contributed by atoms with Crippen LogP contribution in [0.25, 0.3) is 11.4 Å². The van der Waals surface area contributed by atoms with Crippen LogP contribution >= 0.6 is 11.6 Å². The summed E-state index contributed by atoms with van der Waals surface area (Å²) in [6.45, 7) is 1.91. The summed E-state index contributed by atoms with van der Waals surface area (Å²) in [6.07, 6.45) is 3.04. The number of piperidine rings is 1. The molecule has 4 rings (SSSR count). The summed E-state index contributed by atoms with van der Waals surface area (Å²) in [6, 6.07) is 8.74. The molecule has 2 aliphatic rings. The lowest BCUT2D eigenvalue weighted by Crippen LogP contribution is -2.47. The van der Waals surface area contributed by atoms with E-state index in [0.29, 0.717) is 29.5 Å². The second kappa shape index (κ2) is 7.52. The predicted molar refractivity (Wildman–Crippen MR) is 104 cm³/mol. The molecule has 2 saturated heterocycles. The van der Waals surface area contributed by atoms with Crippen LogP contribution in [0.3, 0.4) is 0 Å². The van der Waals surface area contributed by atoms with E-state index >= 15 is 0 Å². The van der Waals surface area contributed by atoms with Crippen molar-refractivity contribution in [2.75, 3.05) is 23.3 Å². The third kappa shape index (κ3) is 4.03. The standard InChI is InChI=1S/C19H20ClN5O2/c20-13-5-3-12(4-6-13)18-22-15(11-16(23-18)25-9-1-2-10-25)21-14-7-8-17(26)24-19(14)27/h3-6,11,14H,1-2,7-10H2,(H,21,22,23)(H,24,26,27). The third-order valence-corrected chi connectivity index (χ3v) is 5.06. The predicted octanol–water partition coefficient (Wildman–Crippen LogP) is 2.61. The van der Waals surface area contributed by atoms with Crippen molar-refractivity contribution in [2.45, 2.75) is 31.7 Å². The highest BCUT2D eigenvalue weighted by Gasteiger charge is 2.27. The lowest BCUT2D eigenvalue weighted by Gasteiger charge is -2.24. The fourth-order valence-corrected chi connectivity index (χ4v) is 3.48. The maximum Gasteiger partial charge on any atom is 0.249 e. The van der Waals surface area contributed by atoms with Gasteiger partial charge in [-0.3, -0.25) is 14.9 Å². The first-order chi connectivity index (χ1) is 13.1. The second-order valence-electron chi connectivity index (χ2n) is 6.78. The molecule has 27 heavy (non-hydrogen) atoms. The molecule has 2 amide bonds. The third-order valence-electron chi connectivity index (χ3n) is 4.81. The SMILES string of the molecule is O=C1CCC(Nc2cc(N3CCCC3)nc(-c3ccc(Cl)cc3)n2)C(=O)N1. The van der Waals surface area contributed by atoms with E-state index < -0.39 is 6.04 Å². The number of carbonyl (C=O) groups is 2. The minimum absolute atomic E-state index is 0.236. The molecule has 1 aromatic heterocycles. The summed E-state index contributed by atoms with van der Waals surface area (Å²) in [5.74, 6) is 1.43. The van der Waals surface area contributed by atoms with Crippen molar-refractivity contribution in [1.29, 1.82) is 0 Å². The highest BCUT2D eigenvalue weighted by atomic mass is 35.5. The van der Waals surface area contributed by atoms with Crippen molar-refractivity contribution in [3.05, 3.63) is 35.4 Å². The van der Waals surface area contributed by atoms with Gasteiger partial charge in [0, 0.05) is 36.2 Å². The Hall–Kier alpha value is -2.67. The van der Waals surface area contributed by atoms with Crippen LogP contribution in [0.2, 0.25) is 5.02 Å². The van der Waals surface area contributed by atoms with Crippen LogP contribution in [0.5, 0.6) is 0 Å². The van der Waals surface area contributed by atoms with Crippen LogP contribution in [-0.4, -0.2) is 40.9 Å². The average Bonchev–Trinajstić information content (AvgIpc) is 3.19. The molecular weight excluding hydrogens is 366 g/mol. The molecule has 2 fully saturated rings. The second-order valence-corrected chi connectivity index (χ2v) is 7.22. The van der Waals surface area contributed by atoms with Gasteiger partial charge < -0.3 is 10.2 Å². The molecule has 1 aromatic carbocycles. The maximum absolute atomic E-state index is 12.1. The Labute approximate surface area is 162 Å². The Morgan fingerprint density at radius 2 is 1.85 bits per heavy atom. The van der Waals surface area contributed by atoms with Crippen LogP contribution in [0, 0.1) is 0 Å². The number of imide groups is 1. The number of aromatic nitrogens is 2. The van der Waals surface area contributed by atoms with E-state index in [1.165, 1.54) is 0 Å². The van der Waals surface area contributed by atoms with Gasteiger partial charge in [0.25, 0.3) is 0 Å². The molecule has 0 aliphatic carbocycles. The number of rotatable bonds is 4. The Morgan fingerprint density at radius 3 is 2.56 bits per heavy atom. The molecule has 2 aliphatic heterocycles. The first-order valence-electron chi connectivity index (χ1n) is 9.09. The number of benzene rings is 1. The number of amides is 2. The largest absolute Gasteiger partial charge is 0.358 e. The molecule has 2 N–H and O–H groups in total. The van der Waals surface area contributed by atoms with E-state index in [1.807, 2.05) is 18.2 Å². The Balaban J connectivity index is 1.66. The van der Waals surface area contributed by atoms with Crippen LogP contribution in [0.4, 0.5) is 11.6 Å². The Kier molecular flexibility index (Phi) is 4.94. The monoisotopic (exact) mass is 385 g/mol. The number of nitrogens with zero attached hydrogens (tertiary/aromatic N) is 3. The number of hydrogen-bond donors (Lipinski definition) is 2. The minimum atomic E-state index is -0.484. The lowest BCUT2D eigenvalue weighted by atomic mass is 10.1.